The number of benzene rings is 2. The number of carbonyl (C=O) groups is 1. The molecule has 1 amide bonds. The molecule has 128 valence electrons. The van der Waals surface area contributed by atoms with Crippen molar-refractivity contribution in [1.82, 2.24) is 9.55 Å². The van der Waals surface area contributed by atoms with E-state index in [0.717, 1.165) is 23.7 Å². The molecule has 2 aromatic carbocycles. The van der Waals surface area contributed by atoms with Crippen molar-refractivity contribution in [2.75, 3.05) is 5.32 Å². The van der Waals surface area contributed by atoms with E-state index in [1.807, 2.05) is 61.9 Å². The molecule has 0 fully saturated rings. The summed E-state index contributed by atoms with van der Waals surface area (Å²) in [6.45, 7) is 3.03. The molecule has 1 N–H and O–H groups in total. The SMILES string of the molecule is CCC(=O)Nc1ccc(OCc2cncn2Cc2ccccc2)cc1. The van der Waals surface area contributed by atoms with Gasteiger partial charge in [-0.2, -0.15) is 0 Å². The Hall–Kier alpha value is -3.08. The second-order valence-corrected chi connectivity index (χ2v) is 5.71. The van der Waals surface area contributed by atoms with Crippen LogP contribution < -0.4 is 10.1 Å². The van der Waals surface area contributed by atoms with E-state index in [4.69, 9.17) is 4.74 Å². The Bertz CT molecular complexity index is 810. The van der Waals surface area contributed by atoms with Crippen LogP contribution in [-0.2, 0) is 17.9 Å². The molecule has 0 aliphatic rings. The van der Waals surface area contributed by atoms with Gasteiger partial charge in [0.2, 0.25) is 5.91 Å². The molecule has 1 aromatic heterocycles. The number of anilines is 1. The van der Waals surface area contributed by atoms with Crippen LogP contribution in [0.15, 0.2) is 67.1 Å². The normalized spacial score (nSPS) is 10.4. The fourth-order valence-corrected chi connectivity index (χ4v) is 2.43. The van der Waals surface area contributed by atoms with Gasteiger partial charge in [0.05, 0.1) is 18.2 Å². The van der Waals surface area contributed by atoms with Crippen molar-refractivity contribution < 1.29 is 9.53 Å². The van der Waals surface area contributed by atoms with Crippen LogP contribution in [0, 0.1) is 0 Å². The number of aromatic nitrogens is 2. The lowest BCUT2D eigenvalue weighted by molar-refractivity contribution is -0.115. The zero-order valence-electron chi connectivity index (χ0n) is 14.2. The van der Waals surface area contributed by atoms with E-state index in [2.05, 4.69) is 27.0 Å². The van der Waals surface area contributed by atoms with Gasteiger partial charge in [-0.1, -0.05) is 37.3 Å². The fourth-order valence-electron chi connectivity index (χ4n) is 2.43. The molecule has 25 heavy (non-hydrogen) atoms. The minimum absolute atomic E-state index is 0.00141. The van der Waals surface area contributed by atoms with Crippen molar-refractivity contribution in [3.8, 4) is 5.75 Å². The topological polar surface area (TPSA) is 56.1 Å². The maximum atomic E-state index is 11.4. The lowest BCUT2D eigenvalue weighted by Gasteiger charge is -2.10. The Kier molecular flexibility index (Phi) is 5.46. The molecule has 0 aliphatic carbocycles. The predicted molar refractivity (Wildman–Crippen MR) is 97.5 cm³/mol. The van der Waals surface area contributed by atoms with Gasteiger partial charge in [-0.05, 0) is 29.8 Å². The molecule has 0 radical (unpaired) electrons. The van der Waals surface area contributed by atoms with Crippen LogP contribution in [0.5, 0.6) is 5.75 Å². The van der Waals surface area contributed by atoms with Crippen molar-refractivity contribution in [3.63, 3.8) is 0 Å². The summed E-state index contributed by atoms with van der Waals surface area (Å²) in [6.07, 6.45) is 4.09. The number of nitrogens with zero attached hydrogens (tertiary/aromatic N) is 2. The number of hydrogen-bond acceptors (Lipinski definition) is 3. The van der Waals surface area contributed by atoms with Gasteiger partial charge in [-0.25, -0.2) is 4.98 Å². The Morgan fingerprint density at radius 3 is 2.60 bits per heavy atom. The number of rotatable bonds is 7. The van der Waals surface area contributed by atoms with Crippen molar-refractivity contribution in [2.24, 2.45) is 0 Å². The Morgan fingerprint density at radius 2 is 1.88 bits per heavy atom. The highest BCUT2D eigenvalue weighted by Gasteiger charge is 2.05. The molecule has 3 rings (SSSR count). The summed E-state index contributed by atoms with van der Waals surface area (Å²) in [5.41, 5.74) is 3.00. The molecule has 5 heteroatoms. The highest BCUT2D eigenvalue weighted by Crippen LogP contribution is 2.17. The van der Waals surface area contributed by atoms with E-state index in [1.54, 1.807) is 0 Å². The van der Waals surface area contributed by atoms with Crippen LogP contribution in [0.1, 0.15) is 24.6 Å². The van der Waals surface area contributed by atoms with Gasteiger partial charge in [-0.15, -0.1) is 0 Å². The second kappa shape index (κ2) is 8.15. The van der Waals surface area contributed by atoms with Crippen LogP contribution in [-0.4, -0.2) is 15.5 Å². The minimum Gasteiger partial charge on any atom is -0.487 e. The van der Waals surface area contributed by atoms with Gasteiger partial charge in [-0.3, -0.25) is 4.79 Å². The molecule has 0 spiro atoms. The summed E-state index contributed by atoms with van der Waals surface area (Å²) >= 11 is 0. The maximum Gasteiger partial charge on any atom is 0.224 e. The smallest absolute Gasteiger partial charge is 0.224 e. The molecule has 5 nitrogen and oxygen atoms in total. The molecule has 0 saturated heterocycles. The van der Waals surface area contributed by atoms with E-state index in [0.29, 0.717) is 13.0 Å². The van der Waals surface area contributed by atoms with Crippen molar-refractivity contribution in [3.05, 3.63) is 78.4 Å². The zero-order valence-corrected chi connectivity index (χ0v) is 14.2. The number of imidazole rings is 1. The predicted octanol–water partition coefficient (Wildman–Crippen LogP) is 3.86. The van der Waals surface area contributed by atoms with Crippen LogP contribution in [0.2, 0.25) is 0 Å². The van der Waals surface area contributed by atoms with Crippen molar-refractivity contribution >= 4 is 11.6 Å². The molecular formula is C20H21N3O2. The quantitative estimate of drug-likeness (QED) is 0.713. The first-order chi connectivity index (χ1) is 12.2. The second-order valence-electron chi connectivity index (χ2n) is 5.71. The van der Waals surface area contributed by atoms with Crippen LogP contribution in [0.25, 0.3) is 0 Å². The fraction of sp³-hybridized carbons (Fsp3) is 0.200. The molecule has 3 aromatic rings. The summed E-state index contributed by atoms with van der Waals surface area (Å²) in [7, 11) is 0. The van der Waals surface area contributed by atoms with Gasteiger partial charge >= 0.3 is 0 Å². The minimum atomic E-state index is -0.00141. The number of carbonyl (C=O) groups excluding carboxylic acids is 1. The maximum absolute atomic E-state index is 11.4. The number of amides is 1. The van der Waals surface area contributed by atoms with E-state index < -0.39 is 0 Å². The standard InChI is InChI=1S/C20H21N3O2/c1-2-20(24)22-17-8-10-19(11-9-17)25-14-18-12-21-15-23(18)13-16-6-4-3-5-7-16/h3-12,15H,2,13-14H2,1H3,(H,22,24). The summed E-state index contributed by atoms with van der Waals surface area (Å²) < 4.78 is 7.92. The van der Waals surface area contributed by atoms with Gasteiger partial charge < -0.3 is 14.6 Å². The van der Waals surface area contributed by atoms with E-state index >= 15 is 0 Å². The molecule has 1 heterocycles. The number of ether oxygens (including phenoxy) is 1. The van der Waals surface area contributed by atoms with Crippen LogP contribution in [0.3, 0.4) is 0 Å². The molecule has 0 saturated carbocycles. The highest BCUT2D eigenvalue weighted by molar-refractivity contribution is 5.90. The largest absolute Gasteiger partial charge is 0.487 e. The van der Waals surface area contributed by atoms with Crippen LogP contribution >= 0.6 is 0 Å². The Balaban J connectivity index is 1.59. The van der Waals surface area contributed by atoms with Gasteiger partial charge in [0.15, 0.2) is 0 Å². The summed E-state index contributed by atoms with van der Waals surface area (Å²) in [5.74, 6) is 0.750. The molecule has 0 unspecified atom stereocenters. The van der Waals surface area contributed by atoms with Gasteiger partial charge in [0.25, 0.3) is 0 Å². The van der Waals surface area contributed by atoms with Crippen LogP contribution in [0.4, 0.5) is 5.69 Å². The summed E-state index contributed by atoms with van der Waals surface area (Å²) in [6, 6.07) is 17.6. The third kappa shape index (κ3) is 4.70. The molecule has 0 bridgehead atoms. The van der Waals surface area contributed by atoms with E-state index in [1.165, 1.54) is 5.56 Å². The Morgan fingerprint density at radius 1 is 1.12 bits per heavy atom. The lowest BCUT2D eigenvalue weighted by Crippen LogP contribution is -2.09. The monoisotopic (exact) mass is 335 g/mol. The van der Waals surface area contributed by atoms with Gasteiger partial charge in [0.1, 0.15) is 12.4 Å². The van der Waals surface area contributed by atoms with E-state index in [9.17, 15) is 4.79 Å². The third-order valence-corrected chi connectivity index (χ3v) is 3.84. The highest BCUT2D eigenvalue weighted by atomic mass is 16.5. The van der Waals surface area contributed by atoms with E-state index in [-0.39, 0.29) is 5.91 Å². The molecule has 0 atom stereocenters. The molecule has 0 aliphatic heterocycles. The van der Waals surface area contributed by atoms with Crippen molar-refractivity contribution in [2.45, 2.75) is 26.5 Å². The van der Waals surface area contributed by atoms with Gasteiger partial charge in [0, 0.05) is 18.7 Å². The number of nitrogens with one attached hydrogen (secondary N) is 1. The number of hydrogen-bond donors (Lipinski definition) is 1. The first-order valence-corrected chi connectivity index (χ1v) is 8.30. The first-order valence-electron chi connectivity index (χ1n) is 8.30. The average Bonchev–Trinajstić information content (AvgIpc) is 3.09. The molecular weight excluding hydrogens is 314 g/mol. The lowest BCUT2D eigenvalue weighted by atomic mass is 10.2. The zero-order chi connectivity index (χ0) is 17.5. The third-order valence-electron chi connectivity index (χ3n) is 3.84. The Labute approximate surface area is 147 Å². The first kappa shape index (κ1) is 16.8. The van der Waals surface area contributed by atoms with Crippen molar-refractivity contribution in [1.29, 1.82) is 0 Å². The summed E-state index contributed by atoms with van der Waals surface area (Å²) in [5, 5.41) is 2.82. The summed E-state index contributed by atoms with van der Waals surface area (Å²) in [4.78, 5) is 15.6. The average molecular weight is 335 g/mol.